The van der Waals surface area contributed by atoms with Gasteiger partial charge in [0.05, 0.1) is 6.61 Å². The van der Waals surface area contributed by atoms with E-state index in [1.165, 1.54) is 88.2 Å². The molecule has 0 heterocycles. The van der Waals surface area contributed by atoms with Crippen molar-refractivity contribution < 1.29 is 9.53 Å². The minimum Gasteiger partial charge on any atom is -0.464 e. The Morgan fingerprint density at radius 1 is 0.757 bits per heavy atom. The van der Waals surface area contributed by atoms with Crippen LogP contribution in [0.3, 0.4) is 0 Å². The van der Waals surface area contributed by atoms with Gasteiger partial charge in [-0.1, -0.05) is 149 Å². The van der Waals surface area contributed by atoms with Gasteiger partial charge in [0, 0.05) is 6.21 Å². The normalized spacial score (nSPS) is 13.5. The minimum absolute atomic E-state index is 0.137. The highest BCUT2D eigenvalue weighted by Gasteiger charge is 2.22. The van der Waals surface area contributed by atoms with Gasteiger partial charge in [-0.05, 0) is 41.7 Å². The molecule has 37 heavy (non-hydrogen) atoms. The summed E-state index contributed by atoms with van der Waals surface area (Å²) in [5, 5.41) is 0. The van der Waals surface area contributed by atoms with Gasteiger partial charge in [0.15, 0.2) is 0 Å². The fourth-order valence-corrected chi connectivity index (χ4v) is 4.76. The number of unbranched alkanes of at least 4 members (excludes halogenated alkanes) is 13. The largest absolute Gasteiger partial charge is 0.464 e. The zero-order valence-corrected chi connectivity index (χ0v) is 25.3. The Labute approximate surface area is 230 Å². The summed E-state index contributed by atoms with van der Waals surface area (Å²) in [7, 11) is 0. The molecule has 0 radical (unpaired) electrons. The second kappa shape index (κ2) is 21.3. The van der Waals surface area contributed by atoms with E-state index in [1.54, 1.807) is 0 Å². The molecule has 1 rings (SSSR count). The third-order valence-electron chi connectivity index (χ3n) is 7.32. The summed E-state index contributed by atoms with van der Waals surface area (Å²) in [6, 6.07) is 8.46. The van der Waals surface area contributed by atoms with Gasteiger partial charge in [-0.25, -0.2) is 4.79 Å². The van der Waals surface area contributed by atoms with Crippen LogP contribution in [0, 0.1) is 11.8 Å². The second-order valence-corrected chi connectivity index (χ2v) is 11.8. The standard InChI is InChI=1S/C34H59NO2/c1-7-8-9-10-11-12-13-14-15-16-17-18-19-20-25-37-34(36)33(29(4)5)35-27-30(6)26-31-21-23-32(24-22-31)28(2)3/h21-24,27-30,33H,7-20,25-26H2,1-6H3. The Kier molecular flexibility index (Phi) is 19.2. The van der Waals surface area contributed by atoms with Gasteiger partial charge in [-0.3, -0.25) is 4.99 Å². The topological polar surface area (TPSA) is 38.7 Å². The Morgan fingerprint density at radius 3 is 1.70 bits per heavy atom. The number of ether oxygens (including phenoxy) is 1. The van der Waals surface area contributed by atoms with Crippen LogP contribution in [0.15, 0.2) is 29.3 Å². The Hall–Kier alpha value is -1.64. The number of esters is 1. The molecule has 0 saturated carbocycles. The molecule has 0 spiro atoms. The lowest BCUT2D eigenvalue weighted by Gasteiger charge is -2.16. The number of rotatable bonds is 22. The van der Waals surface area contributed by atoms with Crippen molar-refractivity contribution in [2.75, 3.05) is 6.61 Å². The number of hydrogen-bond donors (Lipinski definition) is 0. The van der Waals surface area contributed by atoms with E-state index in [2.05, 4.69) is 57.0 Å². The van der Waals surface area contributed by atoms with E-state index in [4.69, 9.17) is 4.74 Å². The van der Waals surface area contributed by atoms with Gasteiger partial charge in [0.2, 0.25) is 0 Å². The van der Waals surface area contributed by atoms with Crippen molar-refractivity contribution in [1.82, 2.24) is 0 Å². The molecular formula is C34H59NO2. The van der Waals surface area contributed by atoms with E-state index in [9.17, 15) is 4.79 Å². The van der Waals surface area contributed by atoms with Crippen LogP contribution in [-0.2, 0) is 16.0 Å². The predicted octanol–water partition coefficient (Wildman–Crippen LogP) is 10.1. The minimum atomic E-state index is -0.405. The van der Waals surface area contributed by atoms with Crippen molar-refractivity contribution in [3.05, 3.63) is 35.4 Å². The second-order valence-electron chi connectivity index (χ2n) is 11.8. The number of carbonyl (C=O) groups is 1. The SMILES string of the molecule is CCCCCCCCCCCCCCCCOC(=O)C(N=CC(C)Cc1ccc(C(C)C)cc1)C(C)C. The highest BCUT2D eigenvalue weighted by atomic mass is 16.5. The maximum absolute atomic E-state index is 12.7. The summed E-state index contributed by atoms with van der Waals surface area (Å²) >= 11 is 0. The lowest BCUT2D eigenvalue weighted by Crippen LogP contribution is -2.27. The first-order chi connectivity index (χ1) is 17.8. The van der Waals surface area contributed by atoms with Gasteiger partial charge < -0.3 is 4.74 Å². The van der Waals surface area contributed by atoms with E-state index in [1.807, 2.05) is 20.1 Å². The molecule has 0 aromatic heterocycles. The first-order valence-corrected chi connectivity index (χ1v) is 15.6. The summed E-state index contributed by atoms with van der Waals surface area (Å²) in [5.74, 6) is 0.798. The first kappa shape index (κ1) is 33.4. The van der Waals surface area contributed by atoms with Gasteiger partial charge in [-0.15, -0.1) is 0 Å². The van der Waals surface area contributed by atoms with Crippen LogP contribution in [0.4, 0.5) is 0 Å². The van der Waals surface area contributed by atoms with Crippen molar-refractivity contribution in [2.45, 2.75) is 150 Å². The molecule has 0 N–H and O–H groups in total. The molecule has 3 heteroatoms. The zero-order valence-electron chi connectivity index (χ0n) is 25.3. The Morgan fingerprint density at radius 2 is 1.24 bits per heavy atom. The molecule has 0 fully saturated rings. The summed E-state index contributed by atoms with van der Waals surface area (Å²) in [5.41, 5.74) is 2.68. The number of carbonyl (C=O) groups excluding carboxylic acids is 1. The lowest BCUT2D eigenvalue weighted by molar-refractivity contribution is -0.146. The molecule has 1 aromatic rings. The number of nitrogens with zero attached hydrogens (tertiary/aromatic N) is 1. The third kappa shape index (κ3) is 16.7. The highest BCUT2D eigenvalue weighted by Crippen LogP contribution is 2.17. The molecule has 2 atom stereocenters. The fraction of sp³-hybridized carbons (Fsp3) is 0.765. The molecule has 2 unspecified atom stereocenters. The van der Waals surface area contributed by atoms with Crippen LogP contribution in [0.1, 0.15) is 148 Å². The Balaban J connectivity index is 2.15. The maximum atomic E-state index is 12.7. The fourth-order valence-electron chi connectivity index (χ4n) is 4.76. The van der Waals surface area contributed by atoms with Crippen LogP contribution in [-0.4, -0.2) is 24.8 Å². The van der Waals surface area contributed by atoms with Crippen molar-refractivity contribution in [3.63, 3.8) is 0 Å². The lowest BCUT2D eigenvalue weighted by atomic mass is 9.97. The average molecular weight is 514 g/mol. The highest BCUT2D eigenvalue weighted by molar-refractivity contribution is 5.78. The molecule has 0 aliphatic rings. The first-order valence-electron chi connectivity index (χ1n) is 15.6. The van der Waals surface area contributed by atoms with Crippen molar-refractivity contribution >= 4 is 12.2 Å². The maximum Gasteiger partial charge on any atom is 0.331 e. The van der Waals surface area contributed by atoms with Crippen LogP contribution < -0.4 is 0 Å². The average Bonchev–Trinajstić information content (AvgIpc) is 2.86. The molecule has 1 aromatic carbocycles. The molecule has 3 nitrogen and oxygen atoms in total. The summed E-state index contributed by atoms with van der Waals surface area (Å²) < 4.78 is 5.61. The van der Waals surface area contributed by atoms with Gasteiger partial charge in [0.1, 0.15) is 6.04 Å². The van der Waals surface area contributed by atoms with Crippen LogP contribution in [0.25, 0.3) is 0 Å². The number of hydrogen-bond acceptors (Lipinski definition) is 3. The zero-order chi connectivity index (χ0) is 27.3. The van der Waals surface area contributed by atoms with Crippen LogP contribution in [0.2, 0.25) is 0 Å². The predicted molar refractivity (Wildman–Crippen MR) is 162 cm³/mol. The van der Waals surface area contributed by atoms with E-state index < -0.39 is 6.04 Å². The third-order valence-corrected chi connectivity index (χ3v) is 7.32. The summed E-state index contributed by atoms with van der Waals surface area (Å²) in [6.07, 6.45) is 21.5. The van der Waals surface area contributed by atoms with E-state index >= 15 is 0 Å². The van der Waals surface area contributed by atoms with Crippen molar-refractivity contribution in [1.29, 1.82) is 0 Å². The van der Waals surface area contributed by atoms with E-state index in [-0.39, 0.29) is 17.8 Å². The van der Waals surface area contributed by atoms with E-state index in [0.717, 1.165) is 19.3 Å². The van der Waals surface area contributed by atoms with Crippen LogP contribution >= 0.6 is 0 Å². The molecule has 212 valence electrons. The smallest absolute Gasteiger partial charge is 0.331 e. The van der Waals surface area contributed by atoms with Gasteiger partial charge >= 0.3 is 5.97 Å². The van der Waals surface area contributed by atoms with Crippen molar-refractivity contribution in [3.8, 4) is 0 Å². The molecular weight excluding hydrogens is 454 g/mol. The van der Waals surface area contributed by atoms with Gasteiger partial charge in [-0.2, -0.15) is 0 Å². The van der Waals surface area contributed by atoms with Crippen LogP contribution in [0.5, 0.6) is 0 Å². The van der Waals surface area contributed by atoms with E-state index in [0.29, 0.717) is 12.5 Å². The van der Waals surface area contributed by atoms with Crippen molar-refractivity contribution in [2.24, 2.45) is 16.8 Å². The molecule has 0 saturated heterocycles. The molecule has 0 amide bonds. The van der Waals surface area contributed by atoms with Gasteiger partial charge in [0.25, 0.3) is 0 Å². The molecule has 0 aliphatic carbocycles. The molecule has 0 bridgehead atoms. The number of benzene rings is 1. The quantitative estimate of drug-likeness (QED) is 0.0878. The Bertz CT molecular complexity index is 707. The monoisotopic (exact) mass is 513 g/mol. The summed E-state index contributed by atoms with van der Waals surface area (Å²) in [4.78, 5) is 17.3. The molecule has 0 aliphatic heterocycles. The number of aliphatic imine (C=N–C) groups is 1. The summed E-state index contributed by atoms with van der Waals surface area (Å²) in [6.45, 7) is 13.5.